The molecule has 166 valence electrons. The van der Waals surface area contributed by atoms with Gasteiger partial charge in [-0.25, -0.2) is 8.37 Å². The second-order valence-corrected chi connectivity index (χ2v) is 11.4. The average molecular weight is 454 g/mol. The van der Waals surface area contributed by atoms with Gasteiger partial charge in [-0.2, -0.15) is 16.8 Å². The van der Waals surface area contributed by atoms with Crippen molar-refractivity contribution in [2.24, 2.45) is 28.6 Å². The highest BCUT2D eigenvalue weighted by molar-refractivity contribution is 7.81. The Kier molecular flexibility index (Phi) is 4.36. The van der Waals surface area contributed by atoms with E-state index in [2.05, 4.69) is 6.92 Å². The molecule has 0 aromatic carbocycles. The van der Waals surface area contributed by atoms with Crippen molar-refractivity contribution < 1.29 is 38.4 Å². The van der Waals surface area contributed by atoms with Gasteiger partial charge in [0.25, 0.3) is 0 Å². The van der Waals surface area contributed by atoms with E-state index in [0.29, 0.717) is 38.5 Å². The van der Waals surface area contributed by atoms with Crippen molar-refractivity contribution in [2.45, 2.75) is 77.4 Å². The van der Waals surface area contributed by atoms with Crippen LogP contribution in [-0.4, -0.2) is 38.1 Å². The second kappa shape index (κ2) is 7.00. The molecular formula is C19H30O8S2. The molecule has 29 heavy (non-hydrogen) atoms. The molecule has 4 aliphatic carbocycles. The van der Waals surface area contributed by atoms with Gasteiger partial charge >= 0.3 is 20.8 Å². The minimum atomic E-state index is -5.03. The topological polar surface area (TPSA) is 127 Å². The SMILES string of the molecule is [2H]C1([2H])C[C@H]2[C@@H]3CC=C4C[C@@H](OS(=O)(=O)O)CC[C@]4(C)[C@H]3CC[C@]2(C)[C@@]1([2H])OS(=O)(=O)O. The van der Waals surface area contributed by atoms with Crippen molar-refractivity contribution in [3.05, 3.63) is 11.6 Å². The standard InChI is InChI=1S/C19H30O8S2/c1-18-9-7-13(26-28(20,21)22)11-12(18)3-4-14-15-5-6-17(27-29(23,24)25)19(15,2)10-8-16(14)18/h3,13-17H,4-11H2,1-2H3,(H,20,21,22)(H,23,24,25)/t13-,14-,15-,16-,17-,18-,19-/m0/s1/i6D2,17D. The minimum absolute atomic E-state index is 0.00570. The smallest absolute Gasteiger partial charge is 0.264 e. The van der Waals surface area contributed by atoms with Crippen LogP contribution in [-0.2, 0) is 29.2 Å². The summed E-state index contributed by atoms with van der Waals surface area (Å²) in [6.45, 7) is 3.81. The van der Waals surface area contributed by atoms with E-state index in [4.69, 9.17) is 17.0 Å². The van der Waals surface area contributed by atoms with E-state index in [1.807, 2.05) is 6.08 Å². The number of rotatable bonds is 4. The third-order valence-corrected chi connectivity index (χ3v) is 8.79. The molecule has 8 nitrogen and oxygen atoms in total. The Labute approximate surface area is 177 Å². The first-order valence-electron chi connectivity index (χ1n) is 11.5. The Bertz CT molecular complexity index is 1040. The van der Waals surface area contributed by atoms with Gasteiger partial charge < -0.3 is 0 Å². The van der Waals surface area contributed by atoms with Gasteiger partial charge in [0.2, 0.25) is 0 Å². The number of fused-ring (bicyclic) bond motifs is 5. The number of hydrogen-bond donors (Lipinski definition) is 2. The van der Waals surface area contributed by atoms with Gasteiger partial charge in [-0.1, -0.05) is 25.5 Å². The molecule has 3 saturated carbocycles. The molecular weight excluding hydrogens is 420 g/mol. The summed E-state index contributed by atoms with van der Waals surface area (Å²) >= 11 is 0. The highest BCUT2D eigenvalue weighted by atomic mass is 32.3. The fourth-order valence-corrected chi connectivity index (χ4v) is 7.46. The van der Waals surface area contributed by atoms with Gasteiger partial charge in [0.1, 0.15) is 0 Å². The van der Waals surface area contributed by atoms with Crippen molar-refractivity contribution in [3.63, 3.8) is 0 Å². The van der Waals surface area contributed by atoms with Gasteiger partial charge in [-0.05, 0) is 79.9 Å². The van der Waals surface area contributed by atoms with E-state index < -0.39 is 44.8 Å². The third-order valence-electron chi connectivity index (χ3n) is 7.90. The molecule has 0 amide bonds. The lowest BCUT2D eigenvalue weighted by Crippen LogP contribution is -2.51. The molecule has 0 unspecified atom stereocenters. The summed E-state index contributed by atoms with van der Waals surface area (Å²) in [5, 5.41) is 0. The Morgan fingerprint density at radius 2 is 1.76 bits per heavy atom. The first-order chi connectivity index (χ1) is 14.4. The maximum atomic E-state index is 11.5. The van der Waals surface area contributed by atoms with Crippen LogP contribution in [0.2, 0.25) is 0 Å². The largest absolute Gasteiger partial charge is 0.397 e. The van der Waals surface area contributed by atoms with Crippen LogP contribution in [0.3, 0.4) is 0 Å². The fourth-order valence-electron chi connectivity index (χ4n) is 6.49. The summed E-state index contributed by atoms with van der Waals surface area (Å²) in [5.74, 6) is -0.179. The molecule has 0 aromatic heterocycles. The number of allylic oxidation sites excluding steroid dienone is 1. The molecule has 4 rings (SSSR count). The fraction of sp³-hybridized carbons (Fsp3) is 0.895. The minimum Gasteiger partial charge on any atom is -0.264 e. The summed E-state index contributed by atoms with van der Waals surface area (Å²) < 4.78 is 98.9. The third kappa shape index (κ3) is 3.92. The van der Waals surface area contributed by atoms with Crippen LogP contribution in [0.5, 0.6) is 0 Å². The van der Waals surface area contributed by atoms with Crippen molar-refractivity contribution in [2.75, 3.05) is 0 Å². The Balaban J connectivity index is 1.66. The predicted octanol–water partition coefficient (Wildman–Crippen LogP) is 3.33. The lowest BCUT2D eigenvalue weighted by molar-refractivity contribution is -0.0645. The van der Waals surface area contributed by atoms with Crippen LogP contribution in [0.4, 0.5) is 0 Å². The van der Waals surface area contributed by atoms with Gasteiger partial charge in [-0.15, -0.1) is 0 Å². The van der Waals surface area contributed by atoms with Crippen LogP contribution in [0.1, 0.15) is 69.3 Å². The first-order valence-corrected chi connectivity index (χ1v) is 12.7. The molecule has 2 N–H and O–H groups in total. The van der Waals surface area contributed by atoms with Crippen molar-refractivity contribution in [3.8, 4) is 0 Å². The molecule has 0 aromatic rings. The molecule has 3 fully saturated rings. The molecule has 0 aliphatic heterocycles. The van der Waals surface area contributed by atoms with Crippen molar-refractivity contribution in [1.82, 2.24) is 0 Å². The van der Waals surface area contributed by atoms with Crippen LogP contribution in [0.25, 0.3) is 0 Å². The summed E-state index contributed by atoms with van der Waals surface area (Å²) in [6.07, 6.45) is -0.280. The molecule has 10 heteroatoms. The van der Waals surface area contributed by atoms with Gasteiger partial charge in [0, 0.05) is 2.74 Å². The van der Waals surface area contributed by atoms with E-state index >= 15 is 0 Å². The molecule has 0 bridgehead atoms. The maximum Gasteiger partial charge on any atom is 0.397 e. The Morgan fingerprint density at radius 3 is 2.41 bits per heavy atom. The van der Waals surface area contributed by atoms with E-state index in [1.165, 1.54) is 0 Å². The van der Waals surface area contributed by atoms with E-state index in [0.717, 1.165) is 5.57 Å². The molecule has 7 atom stereocenters. The predicted molar refractivity (Wildman–Crippen MR) is 105 cm³/mol. The van der Waals surface area contributed by atoms with Crippen LogP contribution >= 0.6 is 0 Å². The quantitative estimate of drug-likeness (QED) is 0.490. The zero-order chi connectivity index (χ0) is 24.0. The summed E-state index contributed by atoms with van der Waals surface area (Å²) in [7, 11) is -9.57. The summed E-state index contributed by atoms with van der Waals surface area (Å²) in [5.41, 5.74) is -0.303. The normalized spacial score (nSPS) is 50.9. The summed E-state index contributed by atoms with van der Waals surface area (Å²) in [6, 6.07) is 0. The lowest BCUT2D eigenvalue weighted by Gasteiger charge is -2.57. The highest BCUT2D eigenvalue weighted by Crippen LogP contribution is 2.65. The molecule has 0 spiro atoms. The lowest BCUT2D eigenvalue weighted by atomic mass is 9.48. The molecule has 0 radical (unpaired) electrons. The van der Waals surface area contributed by atoms with Gasteiger partial charge in [0.15, 0.2) is 0 Å². The zero-order valence-corrected chi connectivity index (χ0v) is 18.1. The van der Waals surface area contributed by atoms with Crippen molar-refractivity contribution >= 4 is 20.8 Å². The highest BCUT2D eigenvalue weighted by Gasteiger charge is 2.59. The Hall–Kier alpha value is -0.520. The number of hydrogen-bond acceptors (Lipinski definition) is 6. The Morgan fingerprint density at radius 1 is 1.07 bits per heavy atom. The van der Waals surface area contributed by atoms with Crippen LogP contribution in [0, 0.1) is 28.6 Å². The average Bonchev–Trinajstić information content (AvgIpc) is 2.76. The van der Waals surface area contributed by atoms with E-state index in [1.54, 1.807) is 6.92 Å². The van der Waals surface area contributed by atoms with Gasteiger partial charge in [-0.3, -0.25) is 9.11 Å². The zero-order valence-electron chi connectivity index (χ0n) is 19.5. The molecule has 0 heterocycles. The molecule has 0 saturated heterocycles. The second-order valence-electron chi connectivity index (χ2n) is 9.33. The van der Waals surface area contributed by atoms with Crippen LogP contribution < -0.4 is 0 Å². The van der Waals surface area contributed by atoms with Gasteiger partial charge in [0.05, 0.1) is 13.6 Å². The van der Waals surface area contributed by atoms with Crippen molar-refractivity contribution in [1.29, 1.82) is 0 Å². The molecule has 4 aliphatic rings. The summed E-state index contributed by atoms with van der Waals surface area (Å²) in [4.78, 5) is 0. The monoisotopic (exact) mass is 453 g/mol. The first kappa shape index (κ1) is 18.1. The van der Waals surface area contributed by atoms with E-state index in [-0.39, 0.29) is 29.6 Å². The maximum absolute atomic E-state index is 11.5. The van der Waals surface area contributed by atoms with E-state index in [9.17, 15) is 21.4 Å². The van der Waals surface area contributed by atoms with Crippen LogP contribution in [0.15, 0.2) is 11.6 Å².